The number of nitrogens with zero attached hydrogens (tertiary/aromatic N) is 1. The first kappa shape index (κ1) is 13.2. The highest BCUT2D eigenvalue weighted by Crippen LogP contribution is 2.29. The monoisotopic (exact) mass is 259 g/mol. The van der Waals surface area contributed by atoms with Gasteiger partial charge in [0.15, 0.2) is 0 Å². The number of non-ortho nitro benzene ring substituents is 1. The van der Waals surface area contributed by atoms with E-state index < -0.39 is 17.1 Å². The van der Waals surface area contributed by atoms with Crippen molar-refractivity contribution in [2.24, 2.45) is 0 Å². The topological polar surface area (TPSA) is 83.6 Å². The second kappa shape index (κ2) is 5.60. The van der Waals surface area contributed by atoms with E-state index in [2.05, 4.69) is 0 Å². The number of aliphatic hydroxyl groups excluding tert-OH is 2. The number of aliphatic hydroxyl groups is 2. The van der Waals surface area contributed by atoms with Crippen LogP contribution in [0.3, 0.4) is 0 Å². The van der Waals surface area contributed by atoms with Crippen LogP contribution in [0.2, 0.25) is 0 Å². The molecular weight excluding hydrogens is 246 g/mol. The van der Waals surface area contributed by atoms with Crippen LogP contribution >= 0.6 is 0 Å². The molecule has 0 bridgehead atoms. The van der Waals surface area contributed by atoms with Crippen LogP contribution in [0, 0.1) is 10.1 Å². The summed E-state index contributed by atoms with van der Waals surface area (Å²) < 4.78 is 0. The fourth-order valence-corrected chi connectivity index (χ4v) is 1.81. The Kier molecular flexibility index (Phi) is 3.89. The molecule has 0 aromatic heterocycles. The van der Waals surface area contributed by atoms with Gasteiger partial charge in [0.2, 0.25) is 0 Å². The highest BCUT2D eigenvalue weighted by Gasteiger charge is 2.20. The Morgan fingerprint density at radius 3 is 1.79 bits per heavy atom. The van der Waals surface area contributed by atoms with E-state index in [9.17, 15) is 20.3 Å². The Bertz CT molecular complexity index is 553. The van der Waals surface area contributed by atoms with Gasteiger partial charge in [-0.15, -0.1) is 0 Å². The normalized spacial score (nSPS) is 13.8. The SMILES string of the molecule is O=[N+]([O-])c1ccc(C(O)[C@H](O)c2ccccc2)cc1. The van der Waals surface area contributed by atoms with E-state index >= 15 is 0 Å². The summed E-state index contributed by atoms with van der Waals surface area (Å²) in [4.78, 5) is 10.0. The summed E-state index contributed by atoms with van der Waals surface area (Å²) in [5, 5.41) is 30.6. The average Bonchev–Trinajstić information content (AvgIpc) is 2.46. The summed E-state index contributed by atoms with van der Waals surface area (Å²) in [5.74, 6) is 0. The van der Waals surface area contributed by atoms with Gasteiger partial charge in [-0.1, -0.05) is 30.3 Å². The smallest absolute Gasteiger partial charge is 0.269 e. The van der Waals surface area contributed by atoms with Gasteiger partial charge in [0.25, 0.3) is 5.69 Å². The maximum atomic E-state index is 10.5. The van der Waals surface area contributed by atoms with E-state index in [1.54, 1.807) is 24.3 Å². The Labute approximate surface area is 109 Å². The largest absolute Gasteiger partial charge is 0.385 e. The lowest BCUT2D eigenvalue weighted by atomic mass is 9.98. The number of nitro groups is 1. The first-order chi connectivity index (χ1) is 9.09. The average molecular weight is 259 g/mol. The molecule has 1 unspecified atom stereocenters. The first-order valence-electron chi connectivity index (χ1n) is 5.75. The standard InChI is InChI=1S/C14H13NO4/c16-13(10-4-2-1-3-5-10)14(17)11-6-8-12(9-7-11)15(18)19/h1-9,13-14,16-17H/t13-,14?/m1/s1. The maximum absolute atomic E-state index is 10.5. The second-order valence-electron chi connectivity index (χ2n) is 4.15. The van der Waals surface area contributed by atoms with Gasteiger partial charge in [0, 0.05) is 12.1 Å². The molecule has 0 fully saturated rings. The third-order valence-electron chi connectivity index (χ3n) is 2.89. The van der Waals surface area contributed by atoms with Gasteiger partial charge in [-0.25, -0.2) is 0 Å². The highest BCUT2D eigenvalue weighted by molar-refractivity contribution is 5.34. The van der Waals surface area contributed by atoms with E-state index in [0.29, 0.717) is 11.1 Å². The van der Waals surface area contributed by atoms with Gasteiger partial charge in [-0.05, 0) is 23.3 Å². The van der Waals surface area contributed by atoms with Crippen LogP contribution in [0.1, 0.15) is 23.3 Å². The van der Waals surface area contributed by atoms with Crippen molar-refractivity contribution < 1.29 is 15.1 Å². The van der Waals surface area contributed by atoms with E-state index in [1.165, 1.54) is 24.3 Å². The maximum Gasteiger partial charge on any atom is 0.269 e. The molecule has 5 heteroatoms. The molecule has 0 aliphatic rings. The summed E-state index contributed by atoms with van der Waals surface area (Å²) in [5.41, 5.74) is 0.973. The minimum atomic E-state index is -1.12. The molecule has 0 radical (unpaired) electrons. The molecule has 2 aromatic carbocycles. The van der Waals surface area contributed by atoms with Gasteiger partial charge in [-0.2, -0.15) is 0 Å². The van der Waals surface area contributed by atoms with E-state index in [1.807, 2.05) is 6.07 Å². The van der Waals surface area contributed by atoms with Gasteiger partial charge in [0.05, 0.1) is 4.92 Å². The summed E-state index contributed by atoms with van der Waals surface area (Å²) in [6.07, 6.45) is -2.19. The summed E-state index contributed by atoms with van der Waals surface area (Å²) in [6.45, 7) is 0. The van der Waals surface area contributed by atoms with E-state index in [0.717, 1.165) is 0 Å². The first-order valence-corrected chi connectivity index (χ1v) is 5.75. The van der Waals surface area contributed by atoms with Crippen LogP contribution in [0.4, 0.5) is 5.69 Å². The Hall–Kier alpha value is -2.24. The van der Waals surface area contributed by atoms with E-state index in [4.69, 9.17) is 0 Å². The molecule has 2 atom stereocenters. The number of nitro benzene ring substituents is 1. The molecule has 2 aromatic rings. The molecule has 5 nitrogen and oxygen atoms in total. The summed E-state index contributed by atoms with van der Waals surface area (Å²) in [7, 11) is 0. The lowest BCUT2D eigenvalue weighted by Gasteiger charge is -2.18. The molecule has 2 rings (SSSR count). The molecule has 0 heterocycles. The molecule has 0 amide bonds. The van der Waals surface area contributed by atoms with Crippen LogP contribution in [0.25, 0.3) is 0 Å². The highest BCUT2D eigenvalue weighted by atomic mass is 16.6. The van der Waals surface area contributed by atoms with Crippen molar-refractivity contribution in [3.63, 3.8) is 0 Å². The Morgan fingerprint density at radius 1 is 0.842 bits per heavy atom. The minimum Gasteiger partial charge on any atom is -0.385 e. The minimum absolute atomic E-state index is 0.0508. The zero-order valence-corrected chi connectivity index (χ0v) is 10.0. The van der Waals surface area contributed by atoms with Gasteiger partial charge < -0.3 is 10.2 Å². The van der Waals surface area contributed by atoms with Crippen molar-refractivity contribution >= 4 is 5.69 Å². The van der Waals surface area contributed by atoms with E-state index in [-0.39, 0.29) is 5.69 Å². The number of hydrogen-bond acceptors (Lipinski definition) is 4. The van der Waals surface area contributed by atoms with Crippen molar-refractivity contribution in [1.29, 1.82) is 0 Å². The molecule has 0 aliphatic carbocycles. The lowest BCUT2D eigenvalue weighted by molar-refractivity contribution is -0.384. The van der Waals surface area contributed by atoms with Crippen LogP contribution in [-0.2, 0) is 0 Å². The molecule has 19 heavy (non-hydrogen) atoms. The second-order valence-corrected chi connectivity index (χ2v) is 4.15. The van der Waals surface area contributed by atoms with Crippen LogP contribution in [-0.4, -0.2) is 15.1 Å². The van der Waals surface area contributed by atoms with Crippen molar-refractivity contribution in [3.8, 4) is 0 Å². The van der Waals surface area contributed by atoms with Crippen molar-refractivity contribution in [2.45, 2.75) is 12.2 Å². The lowest BCUT2D eigenvalue weighted by Crippen LogP contribution is -2.10. The molecule has 0 saturated carbocycles. The molecule has 0 saturated heterocycles. The zero-order chi connectivity index (χ0) is 13.8. The van der Waals surface area contributed by atoms with Gasteiger partial charge in [-0.3, -0.25) is 10.1 Å². The summed E-state index contributed by atoms with van der Waals surface area (Å²) in [6, 6.07) is 14.2. The van der Waals surface area contributed by atoms with Crippen molar-refractivity contribution in [3.05, 3.63) is 75.8 Å². The van der Waals surface area contributed by atoms with Crippen LogP contribution in [0.15, 0.2) is 54.6 Å². The fraction of sp³-hybridized carbons (Fsp3) is 0.143. The fourth-order valence-electron chi connectivity index (χ4n) is 1.81. The Balaban J connectivity index is 2.19. The Morgan fingerprint density at radius 2 is 1.32 bits per heavy atom. The number of hydrogen-bond donors (Lipinski definition) is 2. The quantitative estimate of drug-likeness (QED) is 0.652. The molecule has 98 valence electrons. The molecule has 0 spiro atoms. The zero-order valence-electron chi connectivity index (χ0n) is 10.0. The third kappa shape index (κ3) is 2.96. The van der Waals surface area contributed by atoms with Crippen LogP contribution in [0.5, 0.6) is 0 Å². The predicted octanol–water partition coefficient (Wildman–Crippen LogP) is 2.36. The third-order valence-corrected chi connectivity index (χ3v) is 2.89. The van der Waals surface area contributed by atoms with Gasteiger partial charge in [0.1, 0.15) is 12.2 Å². The van der Waals surface area contributed by atoms with Crippen molar-refractivity contribution in [1.82, 2.24) is 0 Å². The summed E-state index contributed by atoms with van der Waals surface area (Å²) >= 11 is 0. The molecule has 2 N–H and O–H groups in total. The van der Waals surface area contributed by atoms with Gasteiger partial charge >= 0.3 is 0 Å². The number of benzene rings is 2. The number of rotatable bonds is 4. The molecule has 0 aliphatic heterocycles. The molecular formula is C14H13NO4. The predicted molar refractivity (Wildman–Crippen MR) is 69.5 cm³/mol. The van der Waals surface area contributed by atoms with Crippen LogP contribution < -0.4 is 0 Å². The van der Waals surface area contributed by atoms with Crippen molar-refractivity contribution in [2.75, 3.05) is 0 Å².